The first kappa shape index (κ1) is 14.9. The van der Waals surface area contributed by atoms with E-state index in [2.05, 4.69) is 48.6 Å². The summed E-state index contributed by atoms with van der Waals surface area (Å²) in [5.41, 5.74) is 3.56. The Morgan fingerprint density at radius 3 is 2.71 bits per heavy atom. The number of hydrogen-bond acceptors (Lipinski definition) is 2. The van der Waals surface area contributed by atoms with E-state index in [1.165, 1.54) is 23.9 Å². The van der Waals surface area contributed by atoms with Gasteiger partial charge in [-0.3, -0.25) is 4.90 Å². The highest BCUT2D eigenvalue weighted by atomic mass is 35.5. The molecule has 1 aliphatic rings. The smallest absolute Gasteiger partial charge is 0.127 e. The van der Waals surface area contributed by atoms with Gasteiger partial charge in [0.2, 0.25) is 0 Å². The van der Waals surface area contributed by atoms with Crippen molar-refractivity contribution < 1.29 is 0 Å². The lowest BCUT2D eigenvalue weighted by Gasteiger charge is -2.26. The van der Waals surface area contributed by atoms with Crippen LogP contribution < -0.4 is 0 Å². The fraction of sp³-hybridized carbons (Fsp3) is 0.588. The van der Waals surface area contributed by atoms with Crippen molar-refractivity contribution in [1.29, 1.82) is 0 Å². The lowest BCUT2D eigenvalue weighted by atomic mass is 10.2. The Kier molecular flexibility index (Phi) is 3.98. The number of likely N-dealkylation sites (N-methyl/N-ethyl adjacent to an activating group) is 1. The highest BCUT2D eigenvalue weighted by molar-refractivity contribution is 6.20. The summed E-state index contributed by atoms with van der Waals surface area (Å²) in [5.74, 6) is 0.983. The minimum atomic E-state index is -0.0739. The summed E-state index contributed by atoms with van der Waals surface area (Å²) < 4.78 is 2.33. The molecule has 1 aliphatic carbocycles. The molecule has 1 fully saturated rings. The van der Waals surface area contributed by atoms with Crippen LogP contribution in [0.3, 0.4) is 0 Å². The quantitative estimate of drug-likeness (QED) is 0.775. The number of hydrogen-bond donors (Lipinski definition) is 0. The molecule has 0 saturated heterocycles. The lowest BCUT2D eigenvalue weighted by Crippen LogP contribution is -2.35. The molecule has 0 N–H and O–H groups in total. The van der Waals surface area contributed by atoms with E-state index in [1.807, 2.05) is 6.92 Å². The van der Waals surface area contributed by atoms with Gasteiger partial charge in [-0.2, -0.15) is 0 Å². The van der Waals surface area contributed by atoms with Gasteiger partial charge in [-0.25, -0.2) is 4.98 Å². The van der Waals surface area contributed by atoms with Gasteiger partial charge in [0.1, 0.15) is 5.82 Å². The number of nitrogens with zero attached hydrogens (tertiary/aromatic N) is 3. The van der Waals surface area contributed by atoms with Crippen LogP contribution in [-0.2, 0) is 6.54 Å². The van der Waals surface area contributed by atoms with Crippen molar-refractivity contribution >= 4 is 22.6 Å². The standard InChI is InChI=1S/C17H24ClN3/c1-11-6-5-7-15-16(11)21(17(19-15)13(3)18)10-12(2)20(4)14-8-9-14/h5-7,12-14H,8-10H2,1-4H3. The average molecular weight is 306 g/mol. The molecule has 0 amide bonds. The summed E-state index contributed by atoms with van der Waals surface area (Å²) in [6.45, 7) is 7.40. The maximum atomic E-state index is 6.37. The molecule has 1 aromatic carbocycles. The molecular weight excluding hydrogens is 282 g/mol. The zero-order chi connectivity index (χ0) is 15.1. The molecule has 3 nitrogen and oxygen atoms in total. The molecule has 0 bridgehead atoms. The van der Waals surface area contributed by atoms with Gasteiger partial charge in [0, 0.05) is 18.6 Å². The maximum Gasteiger partial charge on any atom is 0.127 e. The van der Waals surface area contributed by atoms with Gasteiger partial charge in [0.05, 0.1) is 16.4 Å². The van der Waals surface area contributed by atoms with Gasteiger partial charge in [-0.1, -0.05) is 12.1 Å². The average Bonchev–Trinajstić information content (AvgIpc) is 3.21. The number of alkyl halides is 1. The predicted molar refractivity (Wildman–Crippen MR) is 89.0 cm³/mol. The Hall–Kier alpha value is -1.06. The van der Waals surface area contributed by atoms with Crippen molar-refractivity contribution in [3.63, 3.8) is 0 Å². The van der Waals surface area contributed by atoms with Gasteiger partial charge in [-0.15, -0.1) is 11.6 Å². The van der Waals surface area contributed by atoms with Crippen molar-refractivity contribution in [3.8, 4) is 0 Å². The fourth-order valence-electron chi connectivity index (χ4n) is 3.11. The van der Waals surface area contributed by atoms with Crippen LogP contribution in [0.25, 0.3) is 11.0 Å². The van der Waals surface area contributed by atoms with Gasteiger partial charge < -0.3 is 4.57 Å². The third-order valence-corrected chi connectivity index (χ3v) is 4.81. The van der Waals surface area contributed by atoms with Crippen LogP contribution in [-0.4, -0.2) is 33.6 Å². The SMILES string of the molecule is Cc1cccc2nc(C(C)Cl)n(CC(C)N(C)C3CC3)c12. The first-order valence-corrected chi connectivity index (χ1v) is 8.24. The molecule has 0 spiro atoms. The summed E-state index contributed by atoms with van der Waals surface area (Å²) in [4.78, 5) is 7.25. The topological polar surface area (TPSA) is 21.1 Å². The second kappa shape index (κ2) is 5.62. The van der Waals surface area contributed by atoms with E-state index >= 15 is 0 Å². The molecule has 1 saturated carbocycles. The van der Waals surface area contributed by atoms with Crippen LogP contribution in [0.1, 0.15) is 43.5 Å². The van der Waals surface area contributed by atoms with E-state index in [-0.39, 0.29) is 5.38 Å². The molecular formula is C17H24ClN3. The van der Waals surface area contributed by atoms with E-state index in [1.54, 1.807) is 0 Å². The van der Waals surface area contributed by atoms with Crippen molar-refractivity contribution in [2.75, 3.05) is 7.05 Å². The van der Waals surface area contributed by atoms with E-state index < -0.39 is 0 Å². The monoisotopic (exact) mass is 305 g/mol. The first-order valence-electron chi connectivity index (χ1n) is 7.80. The number of halogens is 1. The maximum absolute atomic E-state index is 6.37. The second-order valence-corrected chi connectivity index (χ2v) is 7.04. The third kappa shape index (κ3) is 2.82. The number of aromatic nitrogens is 2. The Balaban J connectivity index is 2.00. The van der Waals surface area contributed by atoms with E-state index in [4.69, 9.17) is 16.6 Å². The van der Waals surface area contributed by atoms with Crippen LogP contribution in [0.15, 0.2) is 18.2 Å². The molecule has 0 aliphatic heterocycles. The third-order valence-electron chi connectivity index (χ3n) is 4.62. The second-order valence-electron chi connectivity index (χ2n) is 6.38. The molecule has 1 aromatic heterocycles. The molecule has 0 radical (unpaired) electrons. The van der Waals surface area contributed by atoms with Crippen molar-refractivity contribution in [3.05, 3.63) is 29.6 Å². The predicted octanol–water partition coefficient (Wildman–Crippen LogP) is 4.13. The Labute approximate surface area is 131 Å². The highest BCUT2D eigenvalue weighted by Gasteiger charge is 2.30. The fourth-order valence-corrected chi connectivity index (χ4v) is 3.27. The number of aryl methyl sites for hydroxylation is 1. The first-order chi connectivity index (χ1) is 9.99. The van der Waals surface area contributed by atoms with Gasteiger partial charge in [0.15, 0.2) is 0 Å². The highest BCUT2D eigenvalue weighted by Crippen LogP contribution is 2.30. The number of benzene rings is 1. The molecule has 2 aromatic rings. The van der Waals surface area contributed by atoms with Gasteiger partial charge in [-0.05, 0) is 52.3 Å². The number of para-hydroxylation sites is 1. The van der Waals surface area contributed by atoms with Gasteiger partial charge >= 0.3 is 0 Å². The molecule has 3 rings (SSSR count). The summed E-state index contributed by atoms with van der Waals surface area (Å²) in [6, 6.07) is 7.56. The summed E-state index contributed by atoms with van der Waals surface area (Å²) in [5, 5.41) is -0.0739. The molecule has 4 heteroatoms. The Morgan fingerprint density at radius 1 is 1.38 bits per heavy atom. The van der Waals surface area contributed by atoms with Crippen molar-refractivity contribution in [2.45, 2.75) is 57.6 Å². The minimum absolute atomic E-state index is 0.0739. The van der Waals surface area contributed by atoms with E-state index in [9.17, 15) is 0 Å². The Bertz CT molecular complexity index is 643. The number of imidazole rings is 1. The van der Waals surface area contributed by atoms with Crippen LogP contribution in [0.5, 0.6) is 0 Å². The zero-order valence-corrected chi connectivity index (χ0v) is 14.1. The Morgan fingerprint density at radius 2 is 2.10 bits per heavy atom. The number of rotatable bonds is 5. The summed E-state index contributed by atoms with van der Waals surface area (Å²) in [6.07, 6.45) is 2.67. The van der Waals surface area contributed by atoms with Crippen molar-refractivity contribution in [2.24, 2.45) is 0 Å². The molecule has 114 valence electrons. The summed E-state index contributed by atoms with van der Waals surface area (Å²) in [7, 11) is 2.23. The molecule has 1 heterocycles. The van der Waals surface area contributed by atoms with Crippen molar-refractivity contribution in [1.82, 2.24) is 14.5 Å². The van der Waals surface area contributed by atoms with E-state index in [0.29, 0.717) is 6.04 Å². The largest absolute Gasteiger partial charge is 0.325 e. The van der Waals surface area contributed by atoms with Crippen LogP contribution in [0.4, 0.5) is 0 Å². The zero-order valence-electron chi connectivity index (χ0n) is 13.3. The van der Waals surface area contributed by atoms with Crippen LogP contribution in [0, 0.1) is 6.92 Å². The normalized spacial score (nSPS) is 18.4. The lowest BCUT2D eigenvalue weighted by molar-refractivity contribution is 0.226. The molecule has 21 heavy (non-hydrogen) atoms. The molecule has 2 atom stereocenters. The van der Waals surface area contributed by atoms with Crippen LogP contribution >= 0.6 is 11.6 Å². The molecule has 2 unspecified atom stereocenters. The van der Waals surface area contributed by atoms with E-state index in [0.717, 1.165) is 23.9 Å². The van der Waals surface area contributed by atoms with Crippen LogP contribution in [0.2, 0.25) is 0 Å². The summed E-state index contributed by atoms with van der Waals surface area (Å²) >= 11 is 6.37. The minimum Gasteiger partial charge on any atom is -0.325 e. The number of fused-ring (bicyclic) bond motifs is 1. The van der Waals surface area contributed by atoms with Gasteiger partial charge in [0.25, 0.3) is 0 Å².